The van der Waals surface area contributed by atoms with Gasteiger partial charge in [-0.25, -0.2) is 4.39 Å². The zero-order valence-electron chi connectivity index (χ0n) is 9.71. The number of halogens is 2. The van der Waals surface area contributed by atoms with Crippen molar-refractivity contribution in [2.45, 2.75) is 0 Å². The zero-order chi connectivity index (χ0) is 13.1. The van der Waals surface area contributed by atoms with Crippen LogP contribution in [-0.4, -0.2) is 7.11 Å². The van der Waals surface area contributed by atoms with Crippen LogP contribution in [0.15, 0.2) is 36.4 Å². The summed E-state index contributed by atoms with van der Waals surface area (Å²) in [6, 6.07) is 9.92. The maximum atomic E-state index is 13.1. The highest BCUT2D eigenvalue weighted by atomic mass is 35.5. The van der Waals surface area contributed by atoms with Crippen LogP contribution in [0.4, 0.5) is 21.5 Å². The number of ether oxygens (including phenoxy) is 1. The van der Waals surface area contributed by atoms with Crippen molar-refractivity contribution in [3.8, 4) is 5.75 Å². The monoisotopic (exact) mass is 266 g/mol. The number of rotatable bonds is 3. The number of nitrogen functional groups attached to an aromatic ring is 1. The Morgan fingerprint density at radius 2 is 1.89 bits per heavy atom. The lowest BCUT2D eigenvalue weighted by Crippen LogP contribution is -1.97. The van der Waals surface area contributed by atoms with Gasteiger partial charge in [-0.2, -0.15) is 0 Å². The summed E-state index contributed by atoms with van der Waals surface area (Å²) in [4.78, 5) is 0. The maximum Gasteiger partial charge on any atom is 0.143 e. The van der Waals surface area contributed by atoms with Gasteiger partial charge in [0.25, 0.3) is 0 Å². The average Bonchev–Trinajstić information content (AvgIpc) is 2.37. The number of hydrogen-bond donors (Lipinski definition) is 2. The molecule has 0 amide bonds. The second-order valence-electron chi connectivity index (χ2n) is 3.71. The van der Waals surface area contributed by atoms with Crippen molar-refractivity contribution in [3.05, 3.63) is 47.2 Å². The Morgan fingerprint density at radius 1 is 1.22 bits per heavy atom. The molecule has 0 radical (unpaired) electrons. The molecule has 0 unspecified atom stereocenters. The zero-order valence-corrected chi connectivity index (χ0v) is 10.5. The van der Waals surface area contributed by atoms with Gasteiger partial charge in [0.1, 0.15) is 11.6 Å². The molecule has 0 fully saturated rings. The summed E-state index contributed by atoms with van der Waals surface area (Å²) in [5, 5.41) is 3.09. The van der Waals surface area contributed by atoms with Gasteiger partial charge in [0, 0.05) is 11.8 Å². The Bertz CT molecular complexity index is 558. The highest BCUT2D eigenvalue weighted by molar-refractivity contribution is 6.31. The molecule has 18 heavy (non-hydrogen) atoms. The van der Waals surface area contributed by atoms with E-state index in [9.17, 15) is 4.39 Å². The Balaban J connectivity index is 2.25. The van der Waals surface area contributed by atoms with E-state index in [0.29, 0.717) is 11.4 Å². The molecule has 0 saturated heterocycles. The van der Waals surface area contributed by atoms with Gasteiger partial charge in [-0.15, -0.1) is 0 Å². The summed E-state index contributed by atoms with van der Waals surface area (Å²) in [7, 11) is 1.60. The van der Waals surface area contributed by atoms with Crippen molar-refractivity contribution in [2.75, 3.05) is 18.2 Å². The summed E-state index contributed by atoms with van der Waals surface area (Å²) in [6.45, 7) is 0. The Morgan fingerprint density at radius 3 is 2.50 bits per heavy atom. The van der Waals surface area contributed by atoms with E-state index < -0.39 is 5.82 Å². The normalized spacial score (nSPS) is 10.2. The van der Waals surface area contributed by atoms with E-state index in [1.165, 1.54) is 12.1 Å². The van der Waals surface area contributed by atoms with E-state index in [1.54, 1.807) is 7.11 Å². The standard InChI is InChI=1S/C13H12ClFN2O/c1-18-9-4-2-8(3-5-9)17-13-6-10(14)11(15)7-12(13)16/h2-7,17H,16H2,1H3. The molecule has 3 N–H and O–H groups in total. The highest BCUT2D eigenvalue weighted by Crippen LogP contribution is 2.29. The minimum Gasteiger partial charge on any atom is -0.497 e. The molecule has 2 rings (SSSR count). The first kappa shape index (κ1) is 12.5. The predicted molar refractivity (Wildman–Crippen MR) is 72.1 cm³/mol. The third kappa shape index (κ3) is 2.65. The molecule has 94 valence electrons. The molecule has 0 aliphatic heterocycles. The number of anilines is 3. The lowest BCUT2D eigenvalue weighted by atomic mass is 10.2. The van der Waals surface area contributed by atoms with Gasteiger partial charge in [-0.3, -0.25) is 0 Å². The first-order chi connectivity index (χ1) is 8.60. The van der Waals surface area contributed by atoms with Crippen LogP contribution >= 0.6 is 11.6 Å². The summed E-state index contributed by atoms with van der Waals surface area (Å²) < 4.78 is 18.2. The topological polar surface area (TPSA) is 47.3 Å². The third-order valence-electron chi connectivity index (χ3n) is 2.46. The maximum absolute atomic E-state index is 13.1. The van der Waals surface area contributed by atoms with Crippen molar-refractivity contribution in [3.63, 3.8) is 0 Å². The van der Waals surface area contributed by atoms with E-state index in [-0.39, 0.29) is 5.02 Å². The number of methoxy groups -OCH3 is 1. The summed E-state index contributed by atoms with van der Waals surface area (Å²) in [6.07, 6.45) is 0. The third-order valence-corrected chi connectivity index (χ3v) is 2.75. The minimum absolute atomic E-state index is 0.0280. The second-order valence-corrected chi connectivity index (χ2v) is 4.11. The fourth-order valence-electron chi connectivity index (χ4n) is 1.50. The molecule has 2 aromatic carbocycles. The SMILES string of the molecule is COc1ccc(Nc2cc(Cl)c(F)cc2N)cc1. The van der Waals surface area contributed by atoms with Gasteiger partial charge in [-0.1, -0.05) is 11.6 Å². The molecule has 0 bridgehead atoms. The van der Waals surface area contributed by atoms with Gasteiger partial charge in [-0.05, 0) is 30.3 Å². The molecule has 0 aliphatic rings. The molecule has 2 aromatic rings. The Labute approximate surface area is 109 Å². The molecular weight excluding hydrogens is 255 g/mol. The van der Waals surface area contributed by atoms with E-state index in [0.717, 1.165) is 11.4 Å². The van der Waals surface area contributed by atoms with Crippen LogP contribution in [0.2, 0.25) is 5.02 Å². The summed E-state index contributed by atoms with van der Waals surface area (Å²) in [5.41, 5.74) is 7.38. The van der Waals surface area contributed by atoms with Crippen molar-refractivity contribution in [2.24, 2.45) is 0 Å². The largest absolute Gasteiger partial charge is 0.497 e. The van der Waals surface area contributed by atoms with E-state index in [2.05, 4.69) is 5.32 Å². The predicted octanol–water partition coefficient (Wildman–Crippen LogP) is 3.81. The van der Waals surface area contributed by atoms with Crippen LogP contribution in [0.1, 0.15) is 0 Å². The minimum atomic E-state index is -0.533. The van der Waals surface area contributed by atoms with Crippen molar-refractivity contribution in [1.29, 1.82) is 0 Å². The quantitative estimate of drug-likeness (QED) is 0.831. The van der Waals surface area contributed by atoms with E-state index in [1.807, 2.05) is 24.3 Å². The van der Waals surface area contributed by atoms with Gasteiger partial charge >= 0.3 is 0 Å². The van der Waals surface area contributed by atoms with Gasteiger partial charge in [0.15, 0.2) is 0 Å². The van der Waals surface area contributed by atoms with Crippen molar-refractivity contribution >= 4 is 28.7 Å². The highest BCUT2D eigenvalue weighted by Gasteiger charge is 2.06. The van der Waals surface area contributed by atoms with Crippen LogP contribution in [0.3, 0.4) is 0 Å². The molecule has 0 saturated carbocycles. The van der Waals surface area contributed by atoms with Crippen molar-refractivity contribution in [1.82, 2.24) is 0 Å². The second kappa shape index (κ2) is 5.14. The summed E-state index contributed by atoms with van der Waals surface area (Å²) >= 11 is 5.71. The van der Waals surface area contributed by atoms with Gasteiger partial charge < -0.3 is 15.8 Å². The molecule has 0 aliphatic carbocycles. The summed E-state index contributed by atoms with van der Waals surface area (Å²) in [5.74, 6) is 0.222. The molecule has 0 heterocycles. The van der Waals surface area contributed by atoms with Crippen LogP contribution in [0.25, 0.3) is 0 Å². The van der Waals surface area contributed by atoms with Gasteiger partial charge in [0.2, 0.25) is 0 Å². The average molecular weight is 267 g/mol. The van der Waals surface area contributed by atoms with Crippen LogP contribution < -0.4 is 15.8 Å². The number of hydrogen-bond acceptors (Lipinski definition) is 3. The van der Waals surface area contributed by atoms with Crippen LogP contribution in [0.5, 0.6) is 5.75 Å². The first-order valence-corrected chi connectivity index (χ1v) is 5.63. The first-order valence-electron chi connectivity index (χ1n) is 5.26. The van der Waals surface area contributed by atoms with Crippen LogP contribution in [0, 0.1) is 5.82 Å². The van der Waals surface area contributed by atoms with E-state index in [4.69, 9.17) is 22.1 Å². The molecule has 0 atom stereocenters. The molecule has 3 nitrogen and oxygen atoms in total. The molecule has 0 aromatic heterocycles. The fourth-order valence-corrected chi connectivity index (χ4v) is 1.66. The molecule has 0 spiro atoms. The molecule has 5 heteroatoms. The Kier molecular flexibility index (Phi) is 3.58. The molecular formula is C13H12ClFN2O. The fraction of sp³-hybridized carbons (Fsp3) is 0.0769. The number of nitrogens with one attached hydrogen (secondary N) is 1. The Hall–Kier alpha value is -1.94. The van der Waals surface area contributed by atoms with Crippen molar-refractivity contribution < 1.29 is 9.13 Å². The van der Waals surface area contributed by atoms with Crippen LogP contribution in [-0.2, 0) is 0 Å². The van der Waals surface area contributed by atoms with E-state index >= 15 is 0 Å². The lowest BCUT2D eigenvalue weighted by molar-refractivity contribution is 0.415. The van der Waals surface area contributed by atoms with Gasteiger partial charge in [0.05, 0.1) is 23.5 Å². The lowest BCUT2D eigenvalue weighted by Gasteiger charge is -2.10. The number of nitrogens with two attached hydrogens (primary N) is 1. The smallest absolute Gasteiger partial charge is 0.143 e. The number of benzene rings is 2.